The lowest BCUT2D eigenvalue weighted by Gasteiger charge is -2.07. The summed E-state index contributed by atoms with van der Waals surface area (Å²) in [4.78, 5) is 0. The Balaban J connectivity index is 3.22. The summed E-state index contributed by atoms with van der Waals surface area (Å²) >= 11 is 5.81. The second kappa shape index (κ2) is 3.78. The van der Waals surface area contributed by atoms with E-state index in [2.05, 4.69) is 0 Å². The monoisotopic (exact) mass is 185 g/mol. The largest absolute Gasteiger partial charge is 0.507 e. The van der Waals surface area contributed by atoms with Crippen LogP contribution in [0.2, 0.25) is 5.02 Å². The molecular weight excluding hydrogens is 174 g/mol. The molecule has 3 N–H and O–H groups in total. The predicted molar refractivity (Wildman–Crippen MR) is 50.4 cm³/mol. The maximum atomic E-state index is 9.57. The van der Waals surface area contributed by atoms with Crippen molar-refractivity contribution in [3.05, 3.63) is 28.3 Å². The van der Waals surface area contributed by atoms with Crippen LogP contribution in [-0.4, -0.2) is 5.11 Å². The summed E-state index contributed by atoms with van der Waals surface area (Å²) in [6, 6.07) is 3.45. The lowest BCUT2D eigenvalue weighted by atomic mass is 10.1. The number of aryl methyl sites for hydroxylation is 1. The van der Waals surface area contributed by atoms with Crippen LogP contribution in [0.3, 0.4) is 0 Å². The standard InChI is InChI=1S/C9H12ClNO/c1-2-6-3-8(10)4-7(5-11)9(6)12/h3-4,12H,2,5,11H2,1H3. The van der Waals surface area contributed by atoms with E-state index in [1.807, 2.05) is 6.92 Å². The Hall–Kier alpha value is -0.730. The fourth-order valence-corrected chi connectivity index (χ4v) is 1.41. The number of benzene rings is 1. The Bertz CT molecular complexity index is 261. The molecule has 0 radical (unpaired) electrons. The van der Waals surface area contributed by atoms with E-state index in [0.29, 0.717) is 17.1 Å². The highest BCUT2D eigenvalue weighted by atomic mass is 35.5. The van der Waals surface area contributed by atoms with Gasteiger partial charge in [-0.2, -0.15) is 0 Å². The average molecular weight is 186 g/mol. The third kappa shape index (κ3) is 1.71. The zero-order valence-corrected chi connectivity index (χ0v) is 7.73. The first-order chi connectivity index (χ1) is 5.69. The van der Waals surface area contributed by atoms with E-state index < -0.39 is 0 Å². The first-order valence-electron chi connectivity index (χ1n) is 3.89. The van der Waals surface area contributed by atoms with Gasteiger partial charge in [-0.3, -0.25) is 0 Å². The minimum atomic E-state index is 0.282. The van der Waals surface area contributed by atoms with Crippen molar-refractivity contribution in [1.29, 1.82) is 0 Å². The Morgan fingerprint density at radius 3 is 2.50 bits per heavy atom. The molecule has 12 heavy (non-hydrogen) atoms. The van der Waals surface area contributed by atoms with Crippen molar-refractivity contribution in [1.82, 2.24) is 0 Å². The third-order valence-electron chi connectivity index (χ3n) is 1.83. The minimum absolute atomic E-state index is 0.282. The molecule has 0 aromatic heterocycles. The van der Waals surface area contributed by atoms with Crippen LogP contribution in [0.15, 0.2) is 12.1 Å². The van der Waals surface area contributed by atoms with Crippen LogP contribution < -0.4 is 5.73 Å². The lowest BCUT2D eigenvalue weighted by molar-refractivity contribution is 0.462. The molecule has 3 heteroatoms. The van der Waals surface area contributed by atoms with Crippen molar-refractivity contribution in [2.75, 3.05) is 0 Å². The van der Waals surface area contributed by atoms with E-state index in [0.717, 1.165) is 12.0 Å². The van der Waals surface area contributed by atoms with Crippen LogP contribution in [0.5, 0.6) is 5.75 Å². The zero-order valence-electron chi connectivity index (χ0n) is 6.97. The lowest BCUT2D eigenvalue weighted by Crippen LogP contribution is -1.98. The van der Waals surface area contributed by atoms with Crippen LogP contribution in [0.25, 0.3) is 0 Å². The second-order valence-electron chi connectivity index (χ2n) is 2.63. The van der Waals surface area contributed by atoms with Gasteiger partial charge in [0.25, 0.3) is 0 Å². The number of rotatable bonds is 2. The second-order valence-corrected chi connectivity index (χ2v) is 3.07. The van der Waals surface area contributed by atoms with Crippen molar-refractivity contribution in [2.45, 2.75) is 19.9 Å². The molecule has 1 rings (SSSR count). The van der Waals surface area contributed by atoms with Gasteiger partial charge in [0.1, 0.15) is 5.75 Å². The Labute approximate surface area is 77.0 Å². The number of aromatic hydroxyl groups is 1. The predicted octanol–water partition coefficient (Wildman–Crippen LogP) is 2.07. The molecule has 0 unspecified atom stereocenters. The normalized spacial score (nSPS) is 10.2. The van der Waals surface area contributed by atoms with Gasteiger partial charge in [-0.25, -0.2) is 0 Å². The molecule has 0 saturated carbocycles. The van der Waals surface area contributed by atoms with Crippen molar-refractivity contribution in [2.24, 2.45) is 5.73 Å². The summed E-state index contributed by atoms with van der Waals surface area (Å²) in [6.07, 6.45) is 0.763. The Kier molecular flexibility index (Phi) is 2.95. The molecule has 0 aliphatic carbocycles. The van der Waals surface area contributed by atoms with Gasteiger partial charge in [0, 0.05) is 17.1 Å². The third-order valence-corrected chi connectivity index (χ3v) is 2.05. The van der Waals surface area contributed by atoms with Crippen LogP contribution in [0.1, 0.15) is 18.1 Å². The highest BCUT2D eigenvalue weighted by Gasteiger charge is 2.05. The molecule has 1 aromatic carbocycles. The zero-order chi connectivity index (χ0) is 9.14. The number of phenols is 1. The van der Waals surface area contributed by atoms with Gasteiger partial charge in [0.05, 0.1) is 0 Å². The van der Waals surface area contributed by atoms with Crippen molar-refractivity contribution in [3.8, 4) is 5.75 Å². The molecule has 0 aliphatic rings. The van der Waals surface area contributed by atoms with Gasteiger partial charge in [0.15, 0.2) is 0 Å². The average Bonchev–Trinajstić information content (AvgIpc) is 2.08. The summed E-state index contributed by atoms with van der Waals surface area (Å²) in [5.41, 5.74) is 6.98. The number of phenolic OH excluding ortho intramolecular Hbond substituents is 1. The molecular formula is C9H12ClNO. The fraction of sp³-hybridized carbons (Fsp3) is 0.333. The molecule has 2 nitrogen and oxygen atoms in total. The molecule has 0 atom stereocenters. The van der Waals surface area contributed by atoms with Gasteiger partial charge in [0.2, 0.25) is 0 Å². The van der Waals surface area contributed by atoms with Crippen LogP contribution in [0, 0.1) is 0 Å². The van der Waals surface area contributed by atoms with E-state index in [1.54, 1.807) is 12.1 Å². The number of halogens is 1. The molecule has 0 amide bonds. The van der Waals surface area contributed by atoms with Gasteiger partial charge in [-0.05, 0) is 24.1 Å². The first-order valence-corrected chi connectivity index (χ1v) is 4.27. The summed E-state index contributed by atoms with van der Waals surface area (Å²) < 4.78 is 0. The number of nitrogens with two attached hydrogens (primary N) is 1. The summed E-state index contributed by atoms with van der Waals surface area (Å²) in [6.45, 7) is 2.28. The first kappa shape index (κ1) is 9.36. The maximum Gasteiger partial charge on any atom is 0.123 e. The summed E-state index contributed by atoms with van der Waals surface area (Å²) in [5.74, 6) is 0.282. The van der Waals surface area contributed by atoms with E-state index in [4.69, 9.17) is 17.3 Å². The smallest absolute Gasteiger partial charge is 0.123 e. The van der Waals surface area contributed by atoms with Gasteiger partial charge in [-0.1, -0.05) is 18.5 Å². The van der Waals surface area contributed by atoms with Crippen LogP contribution in [-0.2, 0) is 13.0 Å². The Morgan fingerprint density at radius 1 is 1.42 bits per heavy atom. The molecule has 0 aliphatic heterocycles. The number of hydrogen-bond donors (Lipinski definition) is 2. The van der Waals surface area contributed by atoms with Crippen molar-refractivity contribution >= 4 is 11.6 Å². The molecule has 0 saturated heterocycles. The number of hydrogen-bond acceptors (Lipinski definition) is 2. The molecule has 0 fully saturated rings. The molecule has 0 spiro atoms. The highest BCUT2D eigenvalue weighted by Crippen LogP contribution is 2.26. The van der Waals surface area contributed by atoms with E-state index in [-0.39, 0.29) is 5.75 Å². The SMILES string of the molecule is CCc1cc(Cl)cc(CN)c1O. The van der Waals surface area contributed by atoms with E-state index in [1.165, 1.54) is 0 Å². The minimum Gasteiger partial charge on any atom is -0.507 e. The van der Waals surface area contributed by atoms with E-state index in [9.17, 15) is 5.11 Å². The maximum absolute atomic E-state index is 9.57. The highest BCUT2D eigenvalue weighted by molar-refractivity contribution is 6.30. The molecule has 66 valence electrons. The van der Waals surface area contributed by atoms with E-state index >= 15 is 0 Å². The van der Waals surface area contributed by atoms with Gasteiger partial charge < -0.3 is 10.8 Å². The summed E-state index contributed by atoms with van der Waals surface area (Å²) in [5, 5.41) is 10.2. The molecule has 0 bridgehead atoms. The van der Waals surface area contributed by atoms with Crippen LogP contribution in [0.4, 0.5) is 0 Å². The van der Waals surface area contributed by atoms with Crippen LogP contribution >= 0.6 is 11.6 Å². The fourth-order valence-electron chi connectivity index (χ4n) is 1.14. The van der Waals surface area contributed by atoms with Gasteiger partial charge >= 0.3 is 0 Å². The quantitative estimate of drug-likeness (QED) is 0.741. The molecule has 0 heterocycles. The van der Waals surface area contributed by atoms with Crippen molar-refractivity contribution in [3.63, 3.8) is 0 Å². The Morgan fingerprint density at radius 2 is 2.00 bits per heavy atom. The topological polar surface area (TPSA) is 46.2 Å². The summed E-state index contributed by atoms with van der Waals surface area (Å²) in [7, 11) is 0. The van der Waals surface area contributed by atoms with Gasteiger partial charge in [-0.15, -0.1) is 0 Å². The van der Waals surface area contributed by atoms with Crippen molar-refractivity contribution < 1.29 is 5.11 Å². The molecule has 1 aromatic rings.